The molecule has 0 saturated carbocycles. The zero-order chi connectivity index (χ0) is 18.8. The SMILES string of the molecule is CCN(CCCCCOc1ccc(C(C)=O)c(O)c1)Cc1ccccc1. The number of phenolic OH excluding ortho intramolecular Hbond substituents is 1. The van der Waals surface area contributed by atoms with E-state index in [0.29, 0.717) is 17.9 Å². The van der Waals surface area contributed by atoms with Gasteiger partial charge in [0.05, 0.1) is 12.2 Å². The summed E-state index contributed by atoms with van der Waals surface area (Å²) in [6, 6.07) is 15.4. The topological polar surface area (TPSA) is 49.8 Å². The third kappa shape index (κ3) is 6.52. The minimum Gasteiger partial charge on any atom is -0.507 e. The van der Waals surface area contributed by atoms with E-state index < -0.39 is 0 Å². The summed E-state index contributed by atoms with van der Waals surface area (Å²) >= 11 is 0. The summed E-state index contributed by atoms with van der Waals surface area (Å²) in [5.74, 6) is 0.436. The van der Waals surface area contributed by atoms with Crippen molar-refractivity contribution in [1.29, 1.82) is 0 Å². The smallest absolute Gasteiger partial charge is 0.163 e. The molecule has 0 fully saturated rings. The molecule has 0 spiro atoms. The first-order valence-corrected chi connectivity index (χ1v) is 9.33. The number of benzene rings is 2. The highest BCUT2D eigenvalue weighted by Gasteiger charge is 2.07. The molecule has 0 heterocycles. The number of ketones is 1. The third-order valence-electron chi connectivity index (χ3n) is 4.43. The fourth-order valence-corrected chi connectivity index (χ4v) is 2.89. The summed E-state index contributed by atoms with van der Waals surface area (Å²) in [5, 5.41) is 9.81. The van der Waals surface area contributed by atoms with Crippen LogP contribution >= 0.6 is 0 Å². The van der Waals surface area contributed by atoms with Crippen molar-refractivity contribution in [2.75, 3.05) is 19.7 Å². The highest BCUT2D eigenvalue weighted by molar-refractivity contribution is 5.96. The van der Waals surface area contributed by atoms with E-state index in [2.05, 4.69) is 36.1 Å². The number of rotatable bonds is 11. The van der Waals surface area contributed by atoms with E-state index in [1.807, 2.05) is 6.07 Å². The van der Waals surface area contributed by atoms with E-state index in [9.17, 15) is 9.90 Å². The maximum absolute atomic E-state index is 11.3. The number of carbonyl (C=O) groups excluding carboxylic acids is 1. The third-order valence-corrected chi connectivity index (χ3v) is 4.43. The maximum atomic E-state index is 11.3. The van der Waals surface area contributed by atoms with E-state index in [4.69, 9.17) is 4.74 Å². The summed E-state index contributed by atoms with van der Waals surface area (Å²) in [5.41, 5.74) is 1.68. The standard InChI is InChI=1S/C22H29NO3/c1-3-23(17-19-10-6-4-7-11-19)14-8-5-9-15-26-20-12-13-21(18(2)24)22(25)16-20/h4,6-7,10-13,16,25H,3,5,8-9,14-15,17H2,1-2H3. The number of unbranched alkanes of at least 4 members (excludes halogenated alkanes) is 2. The fourth-order valence-electron chi connectivity index (χ4n) is 2.89. The Hall–Kier alpha value is -2.33. The van der Waals surface area contributed by atoms with Crippen LogP contribution in [-0.2, 0) is 6.54 Å². The second kappa shape index (κ2) is 10.6. The van der Waals surface area contributed by atoms with Crippen molar-refractivity contribution in [3.63, 3.8) is 0 Å². The van der Waals surface area contributed by atoms with E-state index in [1.54, 1.807) is 12.1 Å². The molecule has 140 valence electrons. The van der Waals surface area contributed by atoms with Crippen LogP contribution in [0.2, 0.25) is 0 Å². The Balaban J connectivity index is 1.64. The molecule has 1 N–H and O–H groups in total. The maximum Gasteiger partial charge on any atom is 0.163 e. The van der Waals surface area contributed by atoms with Gasteiger partial charge in [-0.15, -0.1) is 0 Å². The van der Waals surface area contributed by atoms with Crippen molar-refractivity contribution in [2.24, 2.45) is 0 Å². The van der Waals surface area contributed by atoms with Gasteiger partial charge in [-0.2, -0.15) is 0 Å². The number of phenols is 1. The predicted molar refractivity (Wildman–Crippen MR) is 105 cm³/mol. The zero-order valence-corrected chi connectivity index (χ0v) is 15.8. The van der Waals surface area contributed by atoms with Crippen LogP contribution < -0.4 is 4.74 Å². The minimum atomic E-state index is -0.148. The summed E-state index contributed by atoms with van der Waals surface area (Å²) in [6.07, 6.45) is 3.21. The second-order valence-electron chi connectivity index (χ2n) is 6.50. The Morgan fingerprint density at radius 2 is 1.85 bits per heavy atom. The van der Waals surface area contributed by atoms with Gasteiger partial charge in [0.25, 0.3) is 0 Å². The van der Waals surface area contributed by atoms with Gasteiger partial charge in [0.2, 0.25) is 0 Å². The molecule has 0 atom stereocenters. The van der Waals surface area contributed by atoms with Crippen molar-refractivity contribution in [3.05, 3.63) is 59.7 Å². The molecule has 0 aromatic heterocycles. The molecule has 4 heteroatoms. The van der Waals surface area contributed by atoms with Gasteiger partial charge in [0, 0.05) is 12.6 Å². The lowest BCUT2D eigenvalue weighted by Gasteiger charge is -2.20. The molecular weight excluding hydrogens is 326 g/mol. The largest absolute Gasteiger partial charge is 0.507 e. The van der Waals surface area contributed by atoms with Gasteiger partial charge in [-0.1, -0.05) is 37.3 Å². The quantitative estimate of drug-likeness (QED) is 0.470. The van der Waals surface area contributed by atoms with Gasteiger partial charge < -0.3 is 9.84 Å². The molecule has 26 heavy (non-hydrogen) atoms. The van der Waals surface area contributed by atoms with Crippen molar-refractivity contribution in [2.45, 2.75) is 39.7 Å². The molecule has 0 saturated heterocycles. The van der Waals surface area contributed by atoms with Crippen LogP contribution in [0.3, 0.4) is 0 Å². The van der Waals surface area contributed by atoms with E-state index in [0.717, 1.165) is 38.9 Å². The van der Waals surface area contributed by atoms with Crippen LogP contribution in [-0.4, -0.2) is 35.5 Å². The Labute approximate surface area is 156 Å². The lowest BCUT2D eigenvalue weighted by atomic mass is 10.1. The van der Waals surface area contributed by atoms with Crippen molar-refractivity contribution < 1.29 is 14.6 Å². The highest BCUT2D eigenvalue weighted by atomic mass is 16.5. The van der Waals surface area contributed by atoms with E-state index >= 15 is 0 Å². The average molecular weight is 355 g/mol. The Kier molecular flexibility index (Phi) is 8.16. The second-order valence-corrected chi connectivity index (χ2v) is 6.50. The van der Waals surface area contributed by atoms with Gasteiger partial charge in [-0.3, -0.25) is 9.69 Å². The van der Waals surface area contributed by atoms with Crippen LogP contribution in [0.15, 0.2) is 48.5 Å². The molecule has 0 aliphatic heterocycles. The van der Waals surface area contributed by atoms with E-state index in [-0.39, 0.29) is 11.5 Å². The number of hydrogen-bond acceptors (Lipinski definition) is 4. The van der Waals surface area contributed by atoms with Crippen LogP contribution in [0.4, 0.5) is 0 Å². The predicted octanol–water partition coefficient (Wildman–Crippen LogP) is 4.67. The van der Waals surface area contributed by atoms with E-state index in [1.165, 1.54) is 18.6 Å². The molecule has 0 radical (unpaired) electrons. The summed E-state index contributed by atoms with van der Waals surface area (Å²) in [6.45, 7) is 7.38. The first-order chi connectivity index (χ1) is 12.6. The fraction of sp³-hybridized carbons (Fsp3) is 0.409. The van der Waals surface area contributed by atoms with Gasteiger partial charge in [0.1, 0.15) is 11.5 Å². The van der Waals surface area contributed by atoms with Crippen molar-refractivity contribution in [3.8, 4) is 11.5 Å². The summed E-state index contributed by atoms with van der Waals surface area (Å²) in [4.78, 5) is 13.8. The van der Waals surface area contributed by atoms with Crippen LogP contribution in [0.5, 0.6) is 11.5 Å². The summed E-state index contributed by atoms with van der Waals surface area (Å²) < 4.78 is 5.67. The first kappa shape index (κ1) is 20.0. The molecule has 2 aromatic rings. The van der Waals surface area contributed by atoms with Gasteiger partial charge in [0.15, 0.2) is 5.78 Å². The number of Topliss-reactive ketones (excluding diaryl/α,β-unsaturated/α-hetero) is 1. The molecule has 0 amide bonds. The van der Waals surface area contributed by atoms with Crippen molar-refractivity contribution >= 4 is 5.78 Å². The molecule has 0 aliphatic rings. The number of ether oxygens (including phenoxy) is 1. The van der Waals surface area contributed by atoms with Crippen LogP contribution in [0.1, 0.15) is 49.0 Å². The molecule has 2 aromatic carbocycles. The number of carbonyl (C=O) groups is 1. The van der Waals surface area contributed by atoms with Gasteiger partial charge in [-0.25, -0.2) is 0 Å². The van der Waals surface area contributed by atoms with Crippen LogP contribution in [0.25, 0.3) is 0 Å². The lowest BCUT2D eigenvalue weighted by Crippen LogP contribution is -2.24. The average Bonchev–Trinajstić information content (AvgIpc) is 2.64. The normalized spacial score (nSPS) is 10.9. The molecular formula is C22H29NO3. The molecule has 0 aliphatic carbocycles. The Morgan fingerprint density at radius 1 is 1.08 bits per heavy atom. The number of nitrogens with zero attached hydrogens (tertiary/aromatic N) is 1. The minimum absolute atomic E-state index is 0.0190. The Bertz CT molecular complexity index is 685. The summed E-state index contributed by atoms with van der Waals surface area (Å²) in [7, 11) is 0. The molecule has 0 bridgehead atoms. The van der Waals surface area contributed by atoms with Gasteiger partial charge >= 0.3 is 0 Å². The highest BCUT2D eigenvalue weighted by Crippen LogP contribution is 2.24. The molecule has 2 rings (SSSR count). The lowest BCUT2D eigenvalue weighted by molar-refractivity contribution is 0.101. The molecule has 0 unspecified atom stereocenters. The van der Waals surface area contributed by atoms with Crippen molar-refractivity contribution in [1.82, 2.24) is 4.90 Å². The van der Waals surface area contributed by atoms with Crippen LogP contribution in [0, 0.1) is 0 Å². The first-order valence-electron chi connectivity index (χ1n) is 9.33. The zero-order valence-electron chi connectivity index (χ0n) is 15.8. The Morgan fingerprint density at radius 3 is 2.50 bits per heavy atom. The number of hydrogen-bond donors (Lipinski definition) is 1. The monoisotopic (exact) mass is 355 g/mol. The van der Waals surface area contributed by atoms with Gasteiger partial charge in [-0.05, 0) is 57.0 Å². The molecule has 4 nitrogen and oxygen atoms in total. The number of aromatic hydroxyl groups is 1.